The monoisotopic (exact) mass is 371 g/mol. The van der Waals surface area contributed by atoms with E-state index in [1.807, 2.05) is 11.8 Å². The van der Waals surface area contributed by atoms with Crippen LogP contribution in [0.2, 0.25) is 0 Å². The Kier molecular flexibility index (Phi) is 3.50. The lowest BCUT2D eigenvalue weighted by Crippen LogP contribution is -2.54. The van der Waals surface area contributed by atoms with Crippen molar-refractivity contribution in [2.75, 3.05) is 18.4 Å². The van der Waals surface area contributed by atoms with Crippen LogP contribution in [0.5, 0.6) is 0 Å². The molecule has 0 aromatic heterocycles. The van der Waals surface area contributed by atoms with Crippen molar-refractivity contribution >= 4 is 23.4 Å². The van der Waals surface area contributed by atoms with Crippen molar-refractivity contribution in [3.8, 4) is 0 Å². The first-order valence-electron chi connectivity index (χ1n) is 9.75. The number of amides is 3. The van der Waals surface area contributed by atoms with E-state index in [4.69, 9.17) is 0 Å². The number of anilines is 1. The number of likely N-dealkylation sites (tertiary alicyclic amines) is 1. The van der Waals surface area contributed by atoms with Crippen molar-refractivity contribution in [1.82, 2.24) is 9.80 Å². The predicted octanol–water partition coefficient (Wildman–Crippen LogP) is 1.85. The van der Waals surface area contributed by atoms with Crippen molar-refractivity contribution in [1.29, 1.82) is 0 Å². The summed E-state index contributed by atoms with van der Waals surface area (Å²) in [5, 5.41) is 2.85. The van der Waals surface area contributed by atoms with Crippen LogP contribution in [0.25, 0.3) is 0 Å². The van der Waals surface area contributed by atoms with Crippen molar-refractivity contribution in [3.63, 3.8) is 0 Å². The van der Waals surface area contributed by atoms with Crippen LogP contribution < -0.4 is 5.32 Å². The fourth-order valence-corrected chi connectivity index (χ4v) is 5.77. The van der Waals surface area contributed by atoms with Gasteiger partial charge in [0.15, 0.2) is 0 Å². The number of nitrogens with zero attached hydrogens (tertiary/aromatic N) is 2. The van der Waals surface area contributed by atoms with Crippen LogP contribution in [0.4, 0.5) is 10.1 Å². The summed E-state index contributed by atoms with van der Waals surface area (Å²) >= 11 is 0. The lowest BCUT2D eigenvalue weighted by molar-refractivity contribution is -0.145. The van der Waals surface area contributed by atoms with Gasteiger partial charge < -0.3 is 5.32 Å². The SMILES string of the molecule is CCCCN1C(=O)C2C3CCCN3C3(C(=O)Nc4ccc(F)cc43)C2C1=O. The van der Waals surface area contributed by atoms with Gasteiger partial charge in [-0.15, -0.1) is 0 Å². The second kappa shape index (κ2) is 5.61. The molecule has 0 radical (unpaired) electrons. The van der Waals surface area contributed by atoms with Gasteiger partial charge in [0.05, 0.1) is 11.8 Å². The topological polar surface area (TPSA) is 69.7 Å². The average Bonchev–Trinajstić information content (AvgIpc) is 3.33. The van der Waals surface area contributed by atoms with Crippen molar-refractivity contribution in [2.45, 2.75) is 44.2 Å². The van der Waals surface area contributed by atoms with Gasteiger partial charge in [-0.2, -0.15) is 0 Å². The number of hydrogen-bond donors (Lipinski definition) is 1. The maximum atomic E-state index is 14.1. The second-order valence-corrected chi connectivity index (χ2v) is 8.00. The molecule has 4 aliphatic rings. The van der Waals surface area contributed by atoms with Gasteiger partial charge in [-0.25, -0.2) is 4.39 Å². The van der Waals surface area contributed by atoms with Crippen molar-refractivity contribution in [2.24, 2.45) is 11.8 Å². The van der Waals surface area contributed by atoms with E-state index in [1.54, 1.807) is 6.07 Å². The van der Waals surface area contributed by atoms with Crippen molar-refractivity contribution in [3.05, 3.63) is 29.6 Å². The number of carbonyl (C=O) groups is 3. The van der Waals surface area contributed by atoms with Gasteiger partial charge >= 0.3 is 0 Å². The number of unbranched alkanes of at least 4 members (excludes halogenated alkanes) is 1. The van der Waals surface area contributed by atoms with Crippen LogP contribution in [0, 0.1) is 17.7 Å². The Morgan fingerprint density at radius 3 is 2.85 bits per heavy atom. The molecule has 1 spiro atoms. The van der Waals surface area contributed by atoms with Crippen LogP contribution in [-0.4, -0.2) is 46.7 Å². The Labute approximate surface area is 156 Å². The molecule has 0 saturated carbocycles. The molecular weight excluding hydrogens is 349 g/mol. The van der Waals surface area contributed by atoms with Gasteiger partial charge in [0.2, 0.25) is 17.7 Å². The van der Waals surface area contributed by atoms with E-state index in [1.165, 1.54) is 17.0 Å². The number of nitrogens with one attached hydrogen (secondary N) is 1. The molecule has 3 saturated heterocycles. The first kappa shape index (κ1) is 16.9. The highest BCUT2D eigenvalue weighted by Crippen LogP contribution is 2.60. The van der Waals surface area contributed by atoms with Gasteiger partial charge in [-0.1, -0.05) is 13.3 Å². The highest BCUT2D eigenvalue weighted by molar-refractivity contribution is 6.15. The zero-order valence-corrected chi connectivity index (χ0v) is 15.2. The smallest absolute Gasteiger partial charge is 0.250 e. The molecule has 1 N–H and O–H groups in total. The maximum Gasteiger partial charge on any atom is 0.250 e. The minimum atomic E-state index is -1.27. The third kappa shape index (κ3) is 1.90. The molecule has 7 heteroatoms. The van der Waals surface area contributed by atoms with Crippen LogP contribution in [-0.2, 0) is 19.9 Å². The standard InChI is InChI=1S/C20H22FN3O3/c1-2-3-8-23-17(25)15-14-5-4-9-24(14)20(16(15)18(23)26)12-10-11(21)6-7-13(12)22-19(20)27/h6-7,10,14-16H,2-5,8-9H2,1H3,(H,22,27). The molecule has 4 unspecified atom stereocenters. The molecule has 0 aliphatic carbocycles. The Morgan fingerprint density at radius 1 is 1.26 bits per heavy atom. The number of rotatable bonds is 3. The van der Waals surface area contributed by atoms with Gasteiger partial charge in [0.1, 0.15) is 11.4 Å². The highest BCUT2D eigenvalue weighted by Gasteiger charge is 2.74. The summed E-state index contributed by atoms with van der Waals surface area (Å²) in [5.74, 6) is -2.47. The Morgan fingerprint density at radius 2 is 2.07 bits per heavy atom. The summed E-state index contributed by atoms with van der Waals surface area (Å²) in [6.45, 7) is 3.04. The summed E-state index contributed by atoms with van der Waals surface area (Å²) < 4.78 is 14.1. The second-order valence-electron chi connectivity index (χ2n) is 8.00. The molecule has 3 amide bonds. The fraction of sp³-hybridized carbons (Fsp3) is 0.550. The molecule has 27 heavy (non-hydrogen) atoms. The predicted molar refractivity (Wildman–Crippen MR) is 95.0 cm³/mol. The number of benzene rings is 1. The molecule has 4 heterocycles. The summed E-state index contributed by atoms with van der Waals surface area (Å²) in [4.78, 5) is 43.1. The van der Waals surface area contributed by atoms with Crippen LogP contribution in [0.1, 0.15) is 38.2 Å². The van der Waals surface area contributed by atoms with E-state index >= 15 is 0 Å². The lowest BCUT2D eigenvalue weighted by atomic mass is 9.75. The molecule has 1 aromatic carbocycles. The van der Waals surface area contributed by atoms with E-state index < -0.39 is 23.2 Å². The normalized spacial score (nSPS) is 34.4. The van der Waals surface area contributed by atoms with Crippen LogP contribution in [0.15, 0.2) is 18.2 Å². The Hall–Kier alpha value is -2.28. The van der Waals surface area contributed by atoms with Gasteiger partial charge in [-0.3, -0.25) is 24.2 Å². The third-order valence-electron chi connectivity index (χ3n) is 6.78. The minimum Gasteiger partial charge on any atom is -0.324 e. The molecule has 5 rings (SSSR count). The van der Waals surface area contributed by atoms with Gasteiger partial charge in [0, 0.05) is 23.8 Å². The Bertz CT molecular complexity index is 872. The molecule has 6 nitrogen and oxygen atoms in total. The first-order chi connectivity index (χ1) is 13.0. The molecule has 142 valence electrons. The molecule has 4 atom stereocenters. The summed E-state index contributed by atoms with van der Waals surface area (Å²) in [5.41, 5.74) is -0.220. The number of hydrogen-bond acceptors (Lipinski definition) is 4. The molecule has 4 aliphatic heterocycles. The zero-order valence-electron chi connectivity index (χ0n) is 15.2. The Balaban J connectivity index is 1.69. The average molecular weight is 371 g/mol. The van der Waals surface area contributed by atoms with Crippen LogP contribution >= 0.6 is 0 Å². The number of halogens is 1. The highest BCUT2D eigenvalue weighted by atomic mass is 19.1. The van der Waals surface area contributed by atoms with E-state index in [9.17, 15) is 18.8 Å². The molecule has 3 fully saturated rings. The number of carbonyl (C=O) groups excluding carboxylic acids is 3. The van der Waals surface area contributed by atoms with E-state index in [2.05, 4.69) is 5.32 Å². The van der Waals surface area contributed by atoms with Gasteiger partial charge in [-0.05, 0) is 44.0 Å². The summed E-state index contributed by atoms with van der Waals surface area (Å²) in [6, 6.07) is 4.07. The molecule has 0 bridgehead atoms. The van der Waals surface area contributed by atoms with Crippen LogP contribution in [0.3, 0.4) is 0 Å². The van der Waals surface area contributed by atoms with Gasteiger partial charge in [0.25, 0.3) is 0 Å². The van der Waals surface area contributed by atoms with E-state index in [-0.39, 0.29) is 23.8 Å². The van der Waals surface area contributed by atoms with Crippen molar-refractivity contribution < 1.29 is 18.8 Å². The number of fused-ring (bicyclic) bond motifs is 7. The maximum absolute atomic E-state index is 14.1. The minimum absolute atomic E-state index is 0.141. The molecular formula is C20H22FN3O3. The fourth-order valence-electron chi connectivity index (χ4n) is 5.77. The van der Waals surface area contributed by atoms with E-state index in [0.717, 1.165) is 25.7 Å². The molecule has 1 aromatic rings. The number of imide groups is 1. The lowest BCUT2D eigenvalue weighted by Gasteiger charge is -2.36. The first-order valence-corrected chi connectivity index (χ1v) is 9.75. The quantitative estimate of drug-likeness (QED) is 0.824. The zero-order chi connectivity index (χ0) is 18.9. The largest absolute Gasteiger partial charge is 0.324 e. The summed E-state index contributed by atoms with van der Waals surface area (Å²) in [6.07, 6.45) is 3.27. The van der Waals surface area contributed by atoms with E-state index in [0.29, 0.717) is 24.3 Å². The summed E-state index contributed by atoms with van der Waals surface area (Å²) in [7, 11) is 0. The third-order valence-corrected chi connectivity index (χ3v) is 6.78.